The second-order valence-electron chi connectivity index (χ2n) is 12.5. The molecule has 4 aromatic rings. The SMILES string of the molecule is C=C(c1ccc2c(c1)CCc1cc3c(ccc4nc([C@@H]5CCCN5C(=O)CCC)[nH]c43)cc1-2)N(C)/C(CN[C@@H](C)CC)=N\C. The summed E-state index contributed by atoms with van der Waals surface area (Å²) < 4.78 is 0. The Balaban J connectivity index is 1.28. The largest absolute Gasteiger partial charge is 0.340 e. The van der Waals surface area contributed by atoms with Gasteiger partial charge in [-0.1, -0.05) is 38.6 Å². The zero-order valence-electron chi connectivity index (χ0n) is 27.0. The molecule has 44 heavy (non-hydrogen) atoms. The van der Waals surface area contributed by atoms with Crippen molar-refractivity contribution in [1.82, 2.24) is 25.1 Å². The number of H-pyrrole nitrogens is 1. The average Bonchev–Trinajstić information content (AvgIpc) is 3.71. The molecule has 2 heterocycles. The minimum atomic E-state index is 0.0415. The molecule has 1 aromatic heterocycles. The maximum atomic E-state index is 12.8. The molecule has 1 saturated heterocycles. The lowest BCUT2D eigenvalue weighted by atomic mass is 9.83. The molecule has 7 heteroatoms. The fourth-order valence-corrected chi connectivity index (χ4v) is 6.86. The number of amidine groups is 1. The number of likely N-dealkylation sites (N-methyl/N-ethyl adjacent to an activating group) is 1. The van der Waals surface area contributed by atoms with E-state index in [9.17, 15) is 4.79 Å². The highest BCUT2D eigenvalue weighted by atomic mass is 16.2. The first-order valence-electron chi connectivity index (χ1n) is 16.3. The number of hydrogen-bond donors (Lipinski definition) is 2. The highest BCUT2D eigenvalue weighted by molar-refractivity contribution is 6.06. The molecule has 0 unspecified atom stereocenters. The predicted molar refractivity (Wildman–Crippen MR) is 183 cm³/mol. The van der Waals surface area contributed by atoms with E-state index in [2.05, 4.69) is 97.1 Å². The topological polar surface area (TPSA) is 76.6 Å². The van der Waals surface area contributed by atoms with Crippen LogP contribution < -0.4 is 5.32 Å². The first-order valence-corrected chi connectivity index (χ1v) is 16.3. The molecule has 2 aliphatic rings. The van der Waals surface area contributed by atoms with Crippen molar-refractivity contribution in [2.75, 3.05) is 27.2 Å². The molecule has 7 nitrogen and oxygen atoms in total. The zero-order valence-corrected chi connectivity index (χ0v) is 27.0. The lowest BCUT2D eigenvalue weighted by molar-refractivity contribution is -0.132. The van der Waals surface area contributed by atoms with Gasteiger partial charge < -0.3 is 20.1 Å². The number of aromatic nitrogens is 2. The molecule has 3 aromatic carbocycles. The third-order valence-corrected chi connectivity index (χ3v) is 9.73. The van der Waals surface area contributed by atoms with Crippen molar-refractivity contribution in [3.8, 4) is 11.1 Å². The number of imidazole rings is 1. The van der Waals surface area contributed by atoms with Gasteiger partial charge in [0.05, 0.1) is 23.6 Å². The first-order chi connectivity index (χ1) is 21.3. The number of carbonyl (C=O) groups excluding carboxylic acids is 1. The van der Waals surface area contributed by atoms with E-state index >= 15 is 0 Å². The van der Waals surface area contributed by atoms with Crippen LogP contribution in [0.1, 0.15) is 81.4 Å². The third-order valence-electron chi connectivity index (χ3n) is 9.73. The Labute approximate surface area is 261 Å². The molecular weight excluding hydrogens is 544 g/mol. The third kappa shape index (κ3) is 5.54. The van der Waals surface area contributed by atoms with Crippen LogP contribution in [0.5, 0.6) is 0 Å². The lowest BCUT2D eigenvalue weighted by Gasteiger charge is -2.27. The molecule has 6 rings (SSSR count). The first kappa shape index (κ1) is 30.1. The summed E-state index contributed by atoms with van der Waals surface area (Å²) in [6, 6.07) is 16.3. The van der Waals surface area contributed by atoms with E-state index in [4.69, 9.17) is 4.98 Å². The number of hydrogen-bond acceptors (Lipinski definition) is 4. The minimum absolute atomic E-state index is 0.0415. The molecule has 1 fully saturated rings. The van der Waals surface area contributed by atoms with Gasteiger partial charge in [0.1, 0.15) is 11.7 Å². The molecule has 2 atom stereocenters. The quantitative estimate of drug-likeness (QED) is 0.159. The van der Waals surface area contributed by atoms with Crippen LogP contribution in [0.2, 0.25) is 0 Å². The van der Waals surface area contributed by atoms with Crippen molar-refractivity contribution in [3.63, 3.8) is 0 Å². The van der Waals surface area contributed by atoms with Gasteiger partial charge in [0.25, 0.3) is 0 Å². The van der Waals surface area contributed by atoms with Crippen molar-refractivity contribution < 1.29 is 4.79 Å². The van der Waals surface area contributed by atoms with Crippen LogP contribution >= 0.6 is 0 Å². The summed E-state index contributed by atoms with van der Waals surface area (Å²) in [5.41, 5.74) is 9.48. The van der Waals surface area contributed by atoms with E-state index in [-0.39, 0.29) is 11.9 Å². The molecule has 1 aliphatic heterocycles. The summed E-state index contributed by atoms with van der Waals surface area (Å²) in [7, 11) is 3.90. The molecule has 1 amide bonds. The van der Waals surface area contributed by atoms with Crippen LogP contribution in [-0.4, -0.2) is 64.7 Å². The van der Waals surface area contributed by atoms with Crippen molar-refractivity contribution in [2.24, 2.45) is 4.99 Å². The predicted octanol–water partition coefficient (Wildman–Crippen LogP) is 7.26. The van der Waals surface area contributed by atoms with Crippen LogP contribution in [0.25, 0.3) is 38.6 Å². The van der Waals surface area contributed by atoms with Gasteiger partial charge in [-0.25, -0.2) is 4.98 Å². The Morgan fingerprint density at radius 2 is 1.95 bits per heavy atom. The fourth-order valence-electron chi connectivity index (χ4n) is 6.86. The van der Waals surface area contributed by atoms with Crippen LogP contribution in [0.15, 0.2) is 54.0 Å². The summed E-state index contributed by atoms with van der Waals surface area (Å²) in [4.78, 5) is 30.1. The zero-order chi connectivity index (χ0) is 31.0. The number of aromatic amines is 1. The Bertz CT molecular complexity index is 1750. The second-order valence-corrected chi connectivity index (χ2v) is 12.5. The van der Waals surface area contributed by atoms with Crippen molar-refractivity contribution in [1.29, 1.82) is 0 Å². The number of carbonyl (C=O) groups is 1. The number of likely N-dealkylation sites (tertiary alicyclic amines) is 1. The number of aryl methyl sites for hydroxylation is 2. The maximum Gasteiger partial charge on any atom is 0.223 e. The van der Waals surface area contributed by atoms with Gasteiger partial charge in [0.2, 0.25) is 5.91 Å². The Morgan fingerprint density at radius 3 is 2.70 bits per heavy atom. The number of nitrogens with one attached hydrogen (secondary N) is 2. The Kier molecular flexibility index (Phi) is 8.59. The van der Waals surface area contributed by atoms with Crippen molar-refractivity contribution >= 4 is 39.2 Å². The summed E-state index contributed by atoms with van der Waals surface area (Å²) in [5, 5.41) is 5.96. The van der Waals surface area contributed by atoms with Crippen LogP contribution in [-0.2, 0) is 17.6 Å². The molecule has 230 valence electrons. The fraction of sp³-hybridized carbons (Fsp3) is 0.432. The van der Waals surface area contributed by atoms with Gasteiger partial charge in [-0.15, -0.1) is 0 Å². The summed E-state index contributed by atoms with van der Waals surface area (Å²) in [6.07, 6.45) is 6.53. The standard InChI is InChI=1S/C37H46N6O/c1-7-10-35(44)43-18-9-11-33(43)37-40-32-17-15-28-20-30-27(21-31(28)36(32)41-37)13-12-26-19-25(14-16-29(26)30)24(4)42(6)34(38-5)22-39-23(3)8-2/h14-17,19-21,23,33,39H,4,7-13,18,22H2,1-3,5-6H3,(H,40,41)/b38-34-/t23-,33-/m0/s1. The average molecular weight is 591 g/mol. The highest BCUT2D eigenvalue weighted by Crippen LogP contribution is 2.40. The Hall–Kier alpha value is -3.97. The van der Waals surface area contributed by atoms with E-state index in [0.717, 1.165) is 79.0 Å². The number of benzene rings is 3. The molecule has 2 N–H and O–H groups in total. The van der Waals surface area contributed by atoms with Crippen molar-refractivity contribution in [2.45, 2.75) is 77.8 Å². The van der Waals surface area contributed by atoms with Gasteiger partial charge in [0.15, 0.2) is 0 Å². The highest BCUT2D eigenvalue weighted by Gasteiger charge is 2.32. The van der Waals surface area contributed by atoms with Crippen LogP contribution in [0.4, 0.5) is 0 Å². The second kappa shape index (κ2) is 12.6. The van der Waals surface area contributed by atoms with Gasteiger partial charge in [-0.05, 0) is 103 Å². The van der Waals surface area contributed by atoms with E-state index in [0.29, 0.717) is 19.0 Å². The van der Waals surface area contributed by atoms with Gasteiger partial charge in [0, 0.05) is 44.2 Å². The molecule has 1 aliphatic carbocycles. The van der Waals surface area contributed by atoms with E-state index in [1.165, 1.54) is 33.0 Å². The number of fused-ring (bicyclic) bond motifs is 6. The maximum absolute atomic E-state index is 12.8. The summed E-state index contributed by atoms with van der Waals surface area (Å²) in [5.74, 6) is 2.14. The van der Waals surface area contributed by atoms with Crippen LogP contribution in [0, 0.1) is 0 Å². The number of amides is 1. The number of nitrogens with zero attached hydrogens (tertiary/aromatic N) is 4. The normalized spacial score (nSPS) is 17.2. The van der Waals surface area contributed by atoms with Crippen molar-refractivity contribution in [3.05, 3.63) is 71.6 Å². The minimum Gasteiger partial charge on any atom is -0.340 e. The molecule has 0 bridgehead atoms. The van der Waals surface area contributed by atoms with E-state index in [1.807, 2.05) is 11.9 Å². The summed E-state index contributed by atoms with van der Waals surface area (Å²) >= 11 is 0. The van der Waals surface area contributed by atoms with Gasteiger partial charge in [-0.2, -0.15) is 0 Å². The summed E-state index contributed by atoms with van der Waals surface area (Å²) in [6.45, 7) is 12.4. The van der Waals surface area contributed by atoms with E-state index in [1.54, 1.807) is 0 Å². The monoisotopic (exact) mass is 590 g/mol. The van der Waals surface area contributed by atoms with Crippen LogP contribution in [0.3, 0.4) is 0 Å². The smallest absolute Gasteiger partial charge is 0.223 e. The van der Waals surface area contributed by atoms with Gasteiger partial charge in [-0.3, -0.25) is 9.79 Å². The number of aliphatic imine (C=N–C) groups is 1. The molecular formula is C37H46N6O. The molecule has 0 saturated carbocycles. The number of rotatable bonds is 9. The molecule has 0 radical (unpaired) electrons. The van der Waals surface area contributed by atoms with Gasteiger partial charge >= 0.3 is 0 Å². The molecule has 0 spiro atoms. The van der Waals surface area contributed by atoms with E-state index < -0.39 is 0 Å². The Morgan fingerprint density at radius 1 is 1.16 bits per heavy atom. The lowest BCUT2D eigenvalue weighted by Crippen LogP contribution is -2.38.